The molecule has 0 heterocycles. The third kappa shape index (κ3) is 6.60. The average molecular weight is 557 g/mol. The molecular formula is C33H36N2O6. The lowest BCUT2D eigenvalue weighted by Crippen LogP contribution is -2.59. The van der Waals surface area contributed by atoms with Crippen LogP contribution >= 0.6 is 0 Å². The largest absolute Gasteiger partial charge is 0.481 e. The van der Waals surface area contributed by atoms with Gasteiger partial charge in [-0.1, -0.05) is 91.7 Å². The summed E-state index contributed by atoms with van der Waals surface area (Å²) in [6, 6.07) is 24.6. The van der Waals surface area contributed by atoms with E-state index in [1.165, 1.54) is 0 Å². The number of hydrogen-bond acceptors (Lipinski definition) is 5. The number of rotatable bonds is 11. The smallest absolute Gasteiger partial charge is 0.407 e. The van der Waals surface area contributed by atoms with Crippen molar-refractivity contribution in [3.05, 3.63) is 95.6 Å². The van der Waals surface area contributed by atoms with Crippen LogP contribution in [0.4, 0.5) is 4.79 Å². The van der Waals surface area contributed by atoms with Crippen molar-refractivity contribution in [3.63, 3.8) is 0 Å². The number of fused-ring (bicyclic) bond motifs is 3. The number of ether oxygens (including phenoxy) is 2. The SMILES string of the molecule is C[C@H](OCc1ccccc1)[C@@H](NC(=O)OCC1c2ccccc2-c2ccccc21)C(=O)NC1(CC(=O)O)CCCC1. The van der Waals surface area contributed by atoms with Crippen LogP contribution in [0.3, 0.4) is 0 Å². The van der Waals surface area contributed by atoms with Crippen LogP contribution in [-0.4, -0.2) is 47.4 Å². The summed E-state index contributed by atoms with van der Waals surface area (Å²) >= 11 is 0. The zero-order valence-electron chi connectivity index (χ0n) is 23.2. The molecule has 3 aromatic carbocycles. The highest BCUT2D eigenvalue weighted by Gasteiger charge is 2.40. The Hall–Kier alpha value is -4.17. The quantitative estimate of drug-likeness (QED) is 0.291. The number of aliphatic carboxylic acids is 1. The molecule has 1 saturated carbocycles. The molecule has 2 atom stereocenters. The Labute approximate surface area is 240 Å². The number of carboxylic acids is 1. The molecular weight excluding hydrogens is 520 g/mol. The zero-order chi connectivity index (χ0) is 28.8. The lowest BCUT2D eigenvalue weighted by Gasteiger charge is -2.32. The zero-order valence-corrected chi connectivity index (χ0v) is 23.2. The molecule has 0 aliphatic heterocycles. The number of carbonyl (C=O) groups is 3. The van der Waals surface area contributed by atoms with Crippen LogP contribution in [0.25, 0.3) is 11.1 Å². The van der Waals surface area contributed by atoms with Gasteiger partial charge in [0.25, 0.3) is 0 Å². The first-order chi connectivity index (χ1) is 19.8. The van der Waals surface area contributed by atoms with Crippen LogP contribution in [0.2, 0.25) is 0 Å². The Balaban J connectivity index is 1.29. The Morgan fingerprint density at radius 2 is 1.49 bits per heavy atom. The number of carboxylic acid groups (broad SMARTS) is 1. The van der Waals surface area contributed by atoms with Gasteiger partial charge in [-0.05, 0) is 47.6 Å². The molecule has 5 rings (SSSR count). The highest BCUT2D eigenvalue weighted by Crippen LogP contribution is 2.44. The van der Waals surface area contributed by atoms with E-state index in [1.54, 1.807) is 6.92 Å². The molecule has 2 aliphatic carbocycles. The lowest BCUT2D eigenvalue weighted by molar-refractivity contribution is -0.139. The molecule has 1 fully saturated rings. The van der Waals surface area contributed by atoms with Crippen LogP contribution in [0.5, 0.6) is 0 Å². The van der Waals surface area contributed by atoms with E-state index in [4.69, 9.17) is 9.47 Å². The summed E-state index contributed by atoms with van der Waals surface area (Å²) < 4.78 is 11.7. The molecule has 0 spiro atoms. The van der Waals surface area contributed by atoms with Gasteiger partial charge in [-0.3, -0.25) is 9.59 Å². The maximum Gasteiger partial charge on any atom is 0.407 e. The van der Waals surface area contributed by atoms with Crippen molar-refractivity contribution in [3.8, 4) is 11.1 Å². The van der Waals surface area contributed by atoms with Gasteiger partial charge in [0.2, 0.25) is 5.91 Å². The van der Waals surface area contributed by atoms with Crippen molar-refractivity contribution in [2.75, 3.05) is 6.61 Å². The van der Waals surface area contributed by atoms with Crippen molar-refractivity contribution < 1.29 is 29.0 Å². The predicted octanol–water partition coefficient (Wildman–Crippen LogP) is 5.40. The molecule has 0 unspecified atom stereocenters. The number of alkyl carbamates (subject to hydrolysis) is 1. The normalized spacial score (nSPS) is 16.7. The third-order valence-corrected chi connectivity index (χ3v) is 8.16. The molecule has 214 valence electrons. The molecule has 2 amide bonds. The minimum absolute atomic E-state index is 0.108. The second kappa shape index (κ2) is 12.6. The number of nitrogens with one attached hydrogen (secondary N) is 2. The molecule has 0 radical (unpaired) electrons. The fourth-order valence-electron chi connectivity index (χ4n) is 6.09. The number of carbonyl (C=O) groups excluding carboxylic acids is 2. The van der Waals surface area contributed by atoms with Gasteiger partial charge in [0.05, 0.1) is 24.7 Å². The molecule has 3 aromatic rings. The molecule has 8 nitrogen and oxygen atoms in total. The first kappa shape index (κ1) is 28.4. The first-order valence-electron chi connectivity index (χ1n) is 14.2. The maximum absolute atomic E-state index is 13.6. The van der Waals surface area contributed by atoms with Crippen molar-refractivity contribution >= 4 is 18.0 Å². The minimum atomic E-state index is -1.08. The molecule has 8 heteroatoms. The predicted molar refractivity (Wildman–Crippen MR) is 154 cm³/mol. The molecule has 41 heavy (non-hydrogen) atoms. The van der Waals surface area contributed by atoms with Gasteiger partial charge in [0, 0.05) is 5.92 Å². The summed E-state index contributed by atoms with van der Waals surface area (Å²) in [4.78, 5) is 38.4. The highest BCUT2D eigenvalue weighted by molar-refractivity contribution is 5.87. The molecule has 0 saturated heterocycles. The summed E-state index contributed by atoms with van der Waals surface area (Å²) in [5.74, 6) is -1.58. The van der Waals surface area contributed by atoms with Gasteiger partial charge in [-0.15, -0.1) is 0 Å². The number of hydrogen-bond donors (Lipinski definition) is 3. The first-order valence-corrected chi connectivity index (χ1v) is 14.2. The van der Waals surface area contributed by atoms with Crippen molar-refractivity contribution in [1.82, 2.24) is 10.6 Å². The van der Waals surface area contributed by atoms with E-state index in [-0.39, 0.29) is 25.6 Å². The van der Waals surface area contributed by atoms with E-state index in [1.807, 2.05) is 66.7 Å². The molecule has 0 bridgehead atoms. The summed E-state index contributed by atoms with van der Waals surface area (Å²) in [6.45, 7) is 2.07. The second-order valence-corrected chi connectivity index (χ2v) is 11.0. The Kier molecular flexibility index (Phi) is 8.69. The van der Waals surface area contributed by atoms with Crippen molar-refractivity contribution in [2.45, 2.75) is 69.2 Å². The monoisotopic (exact) mass is 556 g/mol. The second-order valence-electron chi connectivity index (χ2n) is 11.0. The van der Waals surface area contributed by atoms with E-state index in [9.17, 15) is 19.5 Å². The fraction of sp³-hybridized carbons (Fsp3) is 0.364. The van der Waals surface area contributed by atoms with E-state index in [0.29, 0.717) is 12.8 Å². The Morgan fingerprint density at radius 1 is 0.902 bits per heavy atom. The summed E-state index contributed by atoms with van der Waals surface area (Å²) in [5.41, 5.74) is 4.51. The van der Waals surface area contributed by atoms with Gasteiger partial charge >= 0.3 is 12.1 Å². The topological polar surface area (TPSA) is 114 Å². The lowest BCUT2D eigenvalue weighted by atomic mass is 9.92. The number of benzene rings is 3. The highest BCUT2D eigenvalue weighted by atomic mass is 16.5. The van der Waals surface area contributed by atoms with Crippen LogP contribution in [-0.2, 0) is 25.7 Å². The Morgan fingerprint density at radius 3 is 2.10 bits per heavy atom. The van der Waals surface area contributed by atoms with Gasteiger partial charge in [0.15, 0.2) is 0 Å². The van der Waals surface area contributed by atoms with Crippen LogP contribution in [0, 0.1) is 0 Å². The van der Waals surface area contributed by atoms with Crippen molar-refractivity contribution in [1.29, 1.82) is 0 Å². The van der Waals surface area contributed by atoms with Gasteiger partial charge in [-0.25, -0.2) is 4.79 Å². The third-order valence-electron chi connectivity index (χ3n) is 8.16. The average Bonchev–Trinajstić information content (AvgIpc) is 3.55. The minimum Gasteiger partial charge on any atom is -0.481 e. The summed E-state index contributed by atoms with van der Waals surface area (Å²) in [5, 5.41) is 15.2. The maximum atomic E-state index is 13.6. The van der Waals surface area contributed by atoms with Gasteiger partial charge < -0.3 is 25.2 Å². The van der Waals surface area contributed by atoms with E-state index < -0.39 is 35.7 Å². The Bertz CT molecular complexity index is 1340. The fourth-order valence-corrected chi connectivity index (χ4v) is 6.09. The van der Waals surface area contributed by atoms with E-state index >= 15 is 0 Å². The van der Waals surface area contributed by atoms with Crippen LogP contribution in [0.15, 0.2) is 78.9 Å². The van der Waals surface area contributed by atoms with Gasteiger partial charge in [0.1, 0.15) is 12.6 Å². The molecule has 2 aliphatic rings. The standard InChI is InChI=1S/C33H36N2O6/c1-22(40-20-23-11-3-2-4-12-23)30(31(38)35-33(19-29(36)37)17-9-10-18-33)34-32(39)41-21-28-26-15-7-5-13-24(26)25-14-6-8-16-27(25)28/h2-8,11-16,22,28,30H,9-10,17-21H2,1H3,(H,34,39)(H,35,38)(H,36,37)/t22-,30+/m0/s1. The summed E-state index contributed by atoms with van der Waals surface area (Å²) in [7, 11) is 0. The molecule has 3 N–H and O–H groups in total. The van der Waals surface area contributed by atoms with Crippen LogP contribution < -0.4 is 10.6 Å². The summed E-state index contributed by atoms with van der Waals surface area (Å²) in [6.07, 6.45) is 1.19. The van der Waals surface area contributed by atoms with E-state index in [2.05, 4.69) is 22.8 Å². The number of amides is 2. The van der Waals surface area contributed by atoms with Crippen molar-refractivity contribution in [2.24, 2.45) is 0 Å². The van der Waals surface area contributed by atoms with E-state index in [0.717, 1.165) is 40.7 Å². The molecule has 0 aromatic heterocycles. The van der Waals surface area contributed by atoms with Crippen LogP contribution in [0.1, 0.15) is 61.6 Å². The van der Waals surface area contributed by atoms with Gasteiger partial charge in [-0.2, -0.15) is 0 Å².